The van der Waals surface area contributed by atoms with Crippen molar-refractivity contribution in [2.24, 2.45) is 0 Å². The van der Waals surface area contributed by atoms with E-state index >= 15 is 0 Å². The van der Waals surface area contributed by atoms with Crippen molar-refractivity contribution >= 4 is 17.5 Å². The summed E-state index contributed by atoms with van der Waals surface area (Å²) in [5.74, 6) is -0.230. The van der Waals surface area contributed by atoms with Crippen LogP contribution in [0.1, 0.15) is 23.2 Å². The van der Waals surface area contributed by atoms with Gasteiger partial charge in [-0.15, -0.1) is 0 Å². The lowest BCUT2D eigenvalue weighted by Gasteiger charge is -2.15. The second-order valence-electron chi connectivity index (χ2n) is 5.17. The van der Waals surface area contributed by atoms with Gasteiger partial charge >= 0.3 is 0 Å². The molecule has 22 heavy (non-hydrogen) atoms. The lowest BCUT2D eigenvalue weighted by atomic mass is 10.1. The topological polar surface area (TPSA) is 67.9 Å². The molecule has 1 saturated heterocycles. The fourth-order valence-electron chi connectivity index (χ4n) is 2.34. The number of nitrogens with one attached hydrogen (secondary N) is 1. The van der Waals surface area contributed by atoms with Crippen LogP contribution in [0.3, 0.4) is 0 Å². The van der Waals surface area contributed by atoms with E-state index in [2.05, 4.69) is 5.32 Å². The Bertz CT molecular complexity index is 513. The quantitative estimate of drug-likeness (QED) is 0.776. The maximum absolute atomic E-state index is 12.3. The van der Waals surface area contributed by atoms with Crippen LogP contribution < -0.4 is 5.32 Å². The summed E-state index contributed by atoms with van der Waals surface area (Å²) in [6, 6.07) is 7.00. The third-order valence-corrected chi connectivity index (χ3v) is 3.45. The number of anilines is 1. The monoisotopic (exact) mass is 306 g/mol. The van der Waals surface area contributed by atoms with Crippen molar-refractivity contribution in [2.45, 2.75) is 12.8 Å². The Hall–Kier alpha value is -1.92. The van der Waals surface area contributed by atoms with Crippen molar-refractivity contribution < 1.29 is 19.1 Å². The zero-order chi connectivity index (χ0) is 15.8. The van der Waals surface area contributed by atoms with E-state index in [0.717, 1.165) is 25.9 Å². The van der Waals surface area contributed by atoms with Gasteiger partial charge in [0.05, 0.1) is 13.2 Å². The smallest absolute Gasteiger partial charge is 0.253 e. The summed E-state index contributed by atoms with van der Waals surface area (Å²) >= 11 is 0. The largest absolute Gasteiger partial charge is 0.382 e. The summed E-state index contributed by atoms with van der Waals surface area (Å²) in [4.78, 5) is 25.9. The van der Waals surface area contributed by atoms with Crippen LogP contribution in [0.2, 0.25) is 0 Å². The van der Waals surface area contributed by atoms with Gasteiger partial charge < -0.3 is 19.7 Å². The molecule has 1 aromatic carbocycles. The minimum absolute atomic E-state index is 0.0185. The number of hydrogen-bond donors (Lipinski definition) is 1. The number of ether oxygens (including phenoxy) is 2. The molecule has 0 spiro atoms. The Balaban J connectivity index is 1.88. The van der Waals surface area contributed by atoms with Crippen LogP contribution in [0.15, 0.2) is 24.3 Å². The average molecular weight is 306 g/mol. The minimum atomic E-state index is -0.248. The molecule has 0 aromatic heterocycles. The average Bonchev–Trinajstić information content (AvgIpc) is 3.05. The summed E-state index contributed by atoms with van der Waals surface area (Å²) < 4.78 is 9.99. The maximum Gasteiger partial charge on any atom is 0.253 e. The Labute approximate surface area is 130 Å². The van der Waals surface area contributed by atoms with E-state index in [-0.39, 0.29) is 18.4 Å². The molecule has 6 nitrogen and oxygen atoms in total. The molecule has 1 aromatic rings. The van der Waals surface area contributed by atoms with Crippen molar-refractivity contribution in [3.05, 3.63) is 29.8 Å². The lowest BCUT2D eigenvalue weighted by Crippen LogP contribution is -2.27. The van der Waals surface area contributed by atoms with Gasteiger partial charge in [0.2, 0.25) is 5.91 Å². The molecule has 0 atom stereocenters. The fraction of sp³-hybridized carbons (Fsp3) is 0.500. The molecule has 0 saturated carbocycles. The summed E-state index contributed by atoms with van der Waals surface area (Å²) in [5.41, 5.74) is 1.20. The maximum atomic E-state index is 12.3. The van der Waals surface area contributed by atoms with Crippen LogP contribution >= 0.6 is 0 Å². The Morgan fingerprint density at radius 2 is 2.00 bits per heavy atom. The zero-order valence-corrected chi connectivity index (χ0v) is 12.8. The highest BCUT2D eigenvalue weighted by molar-refractivity contribution is 5.97. The summed E-state index contributed by atoms with van der Waals surface area (Å²) in [6.07, 6.45) is 2.11. The number of carbonyl (C=O) groups is 2. The molecule has 1 heterocycles. The van der Waals surface area contributed by atoms with Gasteiger partial charge in [0.1, 0.15) is 6.61 Å². The lowest BCUT2D eigenvalue weighted by molar-refractivity contribution is -0.121. The fourth-order valence-corrected chi connectivity index (χ4v) is 2.34. The summed E-state index contributed by atoms with van der Waals surface area (Å²) in [7, 11) is 1.58. The molecule has 0 aliphatic carbocycles. The second kappa shape index (κ2) is 8.51. The normalized spacial score (nSPS) is 14.1. The van der Waals surface area contributed by atoms with Crippen LogP contribution in [-0.2, 0) is 14.3 Å². The molecule has 1 N–H and O–H groups in total. The standard InChI is InChI=1S/C16H22N2O4/c1-21-9-10-22-12-15(19)17-14-6-4-5-13(11-14)16(20)18-7-2-3-8-18/h4-6,11H,2-3,7-10,12H2,1H3,(H,17,19). The van der Waals surface area contributed by atoms with Gasteiger partial charge in [-0.3, -0.25) is 9.59 Å². The van der Waals surface area contributed by atoms with Gasteiger partial charge in [-0.1, -0.05) is 6.07 Å². The first kappa shape index (κ1) is 16.5. The predicted octanol–water partition coefficient (Wildman–Crippen LogP) is 1.52. The number of rotatable bonds is 7. The van der Waals surface area contributed by atoms with E-state index in [4.69, 9.17) is 9.47 Å². The number of likely N-dealkylation sites (tertiary alicyclic amines) is 1. The van der Waals surface area contributed by atoms with E-state index in [9.17, 15) is 9.59 Å². The molecular formula is C16H22N2O4. The van der Waals surface area contributed by atoms with Crippen molar-refractivity contribution in [1.29, 1.82) is 0 Å². The van der Waals surface area contributed by atoms with Crippen molar-refractivity contribution in [1.82, 2.24) is 4.90 Å². The van der Waals surface area contributed by atoms with Crippen LogP contribution in [0.25, 0.3) is 0 Å². The van der Waals surface area contributed by atoms with Gasteiger partial charge in [0, 0.05) is 31.5 Å². The molecule has 120 valence electrons. The van der Waals surface area contributed by atoms with Crippen molar-refractivity contribution in [3.63, 3.8) is 0 Å². The van der Waals surface area contributed by atoms with E-state index in [1.165, 1.54) is 0 Å². The third-order valence-electron chi connectivity index (χ3n) is 3.45. The van der Waals surface area contributed by atoms with Crippen molar-refractivity contribution in [2.75, 3.05) is 45.3 Å². The van der Waals surface area contributed by atoms with Crippen LogP contribution in [-0.4, -0.2) is 56.7 Å². The number of amides is 2. The molecule has 1 aliphatic rings. The molecule has 0 bridgehead atoms. The number of hydrogen-bond acceptors (Lipinski definition) is 4. The Kier molecular flexibility index (Phi) is 6.36. The van der Waals surface area contributed by atoms with E-state index < -0.39 is 0 Å². The highest BCUT2D eigenvalue weighted by atomic mass is 16.5. The number of benzene rings is 1. The molecule has 1 aliphatic heterocycles. The minimum Gasteiger partial charge on any atom is -0.382 e. The predicted molar refractivity (Wildman–Crippen MR) is 82.9 cm³/mol. The molecule has 0 radical (unpaired) electrons. The molecule has 2 amide bonds. The highest BCUT2D eigenvalue weighted by Gasteiger charge is 2.19. The van der Waals surface area contributed by atoms with Crippen LogP contribution in [0.4, 0.5) is 5.69 Å². The van der Waals surface area contributed by atoms with Crippen molar-refractivity contribution in [3.8, 4) is 0 Å². The zero-order valence-electron chi connectivity index (χ0n) is 12.8. The first-order chi connectivity index (χ1) is 10.7. The number of methoxy groups -OCH3 is 1. The van der Waals surface area contributed by atoms with Crippen LogP contribution in [0, 0.1) is 0 Å². The first-order valence-corrected chi connectivity index (χ1v) is 7.46. The van der Waals surface area contributed by atoms with E-state index in [1.54, 1.807) is 31.4 Å². The summed E-state index contributed by atoms with van der Waals surface area (Å²) in [5, 5.41) is 2.73. The second-order valence-corrected chi connectivity index (χ2v) is 5.17. The SMILES string of the molecule is COCCOCC(=O)Nc1cccc(C(=O)N2CCCC2)c1. The Morgan fingerprint density at radius 3 is 2.73 bits per heavy atom. The van der Waals surface area contributed by atoms with Gasteiger partial charge in [0.15, 0.2) is 0 Å². The molecular weight excluding hydrogens is 284 g/mol. The van der Waals surface area contributed by atoms with Crippen LogP contribution in [0.5, 0.6) is 0 Å². The molecule has 6 heteroatoms. The molecule has 1 fully saturated rings. The highest BCUT2D eigenvalue weighted by Crippen LogP contribution is 2.16. The van der Waals surface area contributed by atoms with Gasteiger partial charge in [0.25, 0.3) is 5.91 Å². The number of carbonyl (C=O) groups excluding carboxylic acids is 2. The number of nitrogens with zero attached hydrogens (tertiary/aromatic N) is 1. The van der Waals surface area contributed by atoms with E-state index in [1.807, 2.05) is 4.90 Å². The molecule has 0 unspecified atom stereocenters. The van der Waals surface area contributed by atoms with Gasteiger partial charge in [-0.05, 0) is 31.0 Å². The summed E-state index contributed by atoms with van der Waals surface area (Å²) in [6.45, 7) is 2.41. The Morgan fingerprint density at radius 1 is 1.23 bits per heavy atom. The third kappa shape index (κ3) is 4.82. The molecule has 2 rings (SSSR count). The first-order valence-electron chi connectivity index (χ1n) is 7.46. The van der Waals surface area contributed by atoms with Gasteiger partial charge in [-0.25, -0.2) is 0 Å². The van der Waals surface area contributed by atoms with E-state index in [0.29, 0.717) is 24.5 Å². The van der Waals surface area contributed by atoms with Gasteiger partial charge in [-0.2, -0.15) is 0 Å².